The van der Waals surface area contributed by atoms with E-state index in [1.807, 2.05) is 4.90 Å². The molecule has 1 unspecified atom stereocenters. The van der Waals surface area contributed by atoms with Crippen molar-refractivity contribution >= 4 is 5.91 Å². The van der Waals surface area contributed by atoms with Gasteiger partial charge in [0.05, 0.1) is 19.8 Å². The standard InChI is InChI=1S/C13H25NO3/c1-2-3-12-4-5-13(16)14(7-6-12)8-10-17-11-9-15/h12,15H,2-11H2,1H3. The van der Waals surface area contributed by atoms with E-state index in [2.05, 4.69) is 6.92 Å². The Hall–Kier alpha value is -0.610. The molecule has 1 rings (SSSR count). The molecule has 1 N–H and O–H groups in total. The number of hydrogen-bond donors (Lipinski definition) is 1. The van der Waals surface area contributed by atoms with Gasteiger partial charge in [0, 0.05) is 19.5 Å². The molecule has 17 heavy (non-hydrogen) atoms. The highest BCUT2D eigenvalue weighted by molar-refractivity contribution is 5.76. The van der Waals surface area contributed by atoms with Crippen LogP contribution in [0.5, 0.6) is 0 Å². The summed E-state index contributed by atoms with van der Waals surface area (Å²) in [6.45, 7) is 4.68. The number of aliphatic hydroxyl groups excluding tert-OH is 1. The largest absolute Gasteiger partial charge is 0.394 e. The molecule has 0 bridgehead atoms. The second kappa shape index (κ2) is 8.48. The van der Waals surface area contributed by atoms with E-state index >= 15 is 0 Å². The highest BCUT2D eigenvalue weighted by atomic mass is 16.5. The van der Waals surface area contributed by atoms with Gasteiger partial charge in [0.1, 0.15) is 0 Å². The number of carbonyl (C=O) groups is 1. The first-order valence-corrected chi connectivity index (χ1v) is 6.74. The molecule has 1 aliphatic rings. The SMILES string of the molecule is CCCC1CCC(=O)N(CCOCCO)CC1. The summed E-state index contributed by atoms with van der Waals surface area (Å²) in [7, 11) is 0. The number of aliphatic hydroxyl groups is 1. The summed E-state index contributed by atoms with van der Waals surface area (Å²) in [6.07, 6.45) is 5.30. The zero-order valence-corrected chi connectivity index (χ0v) is 10.9. The minimum atomic E-state index is 0.0481. The number of hydrogen-bond acceptors (Lipinski definition) is 3. The molecule has 4 nitrogen and oxygen atoms in total. The smallest absolute Gasteiger partial charge is 0.222 e. The predicted octanol–water partition coefficient (Wildman–Crippen LogP) is 1.42. The fourth-order valence-electron chi connectivity index (χ4n) is 2.37. The van der Waals surface area contributed by atoms with Gasteiger partial charge in [-0.25, -0.2) is 0 Å². The zero-order valence-electron chi connectivity index (χ0n) is 10.9. The summed E-state index contributed by atoms with van der Waals surface area (Å²) in [6, 6.07) is 0. The Labute approximate surface area is 104 Å². The lowest BCUT2D eigenvalue weighted by molar-refractivity contribution is -0.131. The van der Waals surface area contributed by atoms with Crippen LogP contribution in [0, 0.1) is 5.92 Å². The molecule has 0 aromatic heterocycles. The third kappa shape index (κ3) is 5.50. The van der Waals surface area contributed by atoms with Gasteiger partial charge in [0.25, 0.3) is 0 Å². The number of amides is 1. The molecule has 1 fully saturated rings. The van der Waals surface area contributed by atoms with E-state index in [4.69, 9.17) is 9.84 Å². The van der Waals surface area contributed by atoms with Gasteiger partial charge in [-0.1, -0.05) is 19.8 Å². The van der Waals surface area contributed by atoms with Crippen LogP contribution < -0.4 is 0 Å². The lowest BCUT2D eigenvalue weighted by Gasteiger charge is -2.20. The molecule has 1 atom stereocenters. The number of nitrogens with zero attached hydrogens (tertiary/aromatic N) is 1. The van der Waals surface area contributed by atoms with E-state index < -0.39 is 0 Å². The van der Waals surface area contributed by atoms with Crippen molar-refractivity contribution in [3.63, 3.8) is 0 Å². The molecule has 0 aliphatic carbocycles. The Balaban J connectivity index is 2.27. The van der Waals surface area contributed by atoms with Crippen molar-refractivity contribution in [2.75, 3.05) is 32.9 Å². The maximum absolute atomic E-state index is 11.8. The molecule has 1 amide bonds. The summed E-state index contributed by atoms with van der Waals surface area (Å²) >= 11 is 0. The van der Waals surface area contributed by atoms with Gasteiger partial charge in [-0.15, -0.1) is 0 Å². The highest BCUT2D eigenvalue weighted by Crippen LogP contribution is 2.22. The summed E-state index contributed by atoms with van der Waals surface area (Å²) < 4.78 is 5.21. The molecule has 0 saturated carbocycles. The van der Waals surface area contributed by atoms with Gasteiger partial charge in [0.15, 0.2) is 0 Å². The lowest BCUT2D eigenvalue weighted by atomic mass is 9.96. The number of ether oxygens (including phenoxy) is 1. The highest BCUT2D eigenvalue weighted by Gasteiger charge is 2.21. The van der Waals surface area contributed by atoms with E-state index in [0.717, 1.165) is 19.4 Å². The Kier molecular flexibility index (Phi) is 7.21. The van der Waals surface area contributed by atoms with Crippen LogP contribution in [-0.2, 0) is 9.53 Å². The van der Waals surface area contributed by atoms with Crippen molar-refractivity contribution in [2.24, 2.45) is 5.92 Å². The van der Waals surface area contributed by atoms with E-state index in [-0.39, 0.29) is 12.5 Å². The predicted molar refractivity (Wildman–Crippen MR) is 66.7 cm³/mol. The fourth-order valence-corrected chi connectivity index (χ4v) is 2.37. The first-order valence-electron chi connectivity index (χ1n) is 6.74. The molecule has 1 heterocycles. The maximum Gasteiger partial charge on any atom is 0.222 e. The van der Waals surface area contributed by atoms with Crippen molar-refractivity contribution < 1.29 is 14.6 Å². The second-order valence-electron chi connectivity index (χ2n) is 4.70. The number of carbonyl (C=O) groups excluding carboxylic acids is 1. The molecule has 1 aliphatic heterocycles. The topological polar surface area (TPSA) is 49.8 Å². The van der Waals surface area contributed by atoms with Gasteiger partial charge >= 0.3 is 0 Å². The molecule has 0 aromatic rings. The third-order valence-electron chi connectivity index (χ3n) is 3.36. The maximum atomic E-state index is 11.8. The number of rotatable bonds is 7. The van der Waals surface area contributed by atoms with Crippen LogP contribution in [0.15, 0.2) is 0 Å². The van der Waals surface area contributed by atoms with Gasteiger partial charge in [-0.3, -0.25) is 4.79 Å². The minimum Gasteiger partial charge on any atom is -0.394 e. The monoisotopic (exact) mass is 243 g/mol. The van der Waals surface area contributed by atoms with Gasteiger partial charge in [0.2, 0.25) is 5.91 Å². The van der Waals surface area contributed by atoms with Crippen LogP contribution in [0.2, 0.25) is 0 Å². The quantitative estimate of drug-likeness (QED) is 0.688. The summed E-state index contributed by atoms with van der Waals surface area (Å²) in [4.78, 5) is 13.8. The van der Waals surface area contributed by atoms with E-state index in [0.29, 0.717) is 32.1 Å². The first kappa shape index (κ1) is 14.5. The van der Waals surface area contributed by atoms with E-state index in [1.165, 1.54) is 12.8 Å². The molecular weight excluding hydrogens is 218 g/mol. The van der Waals surface area contributed by atoms with Crippen LogP contribution in [0.4, 0.5) is 0 Å². The van der Waals surface area contributed by atoms with Crippen molar-refractivity contribution in [3.8, 4) is 0 Å². The lowest BCUT2D eigenvalue weighted by Crippen LogP contribution is -2.33. The second-order valence-corrected chi connectivity index (χ2v) is 4.70. The van der Waals surface area contributed by atoms with Crippen molar-refractivity contribution in [1.82, 2.24) is 4.90 Å². The van der Waals surface area contributed by atoms with E-state index in [1.54, 1.807) is 0 Å². The average molecular weight is 243 g/mol. The van der Waals surface area contributed by atoms with Crippen LogP contribution in [0.25, 0.3) is 0 Å². The van der Waals surface area contributed by atoms with Crippen LogP contribution in [0.1, 0.15) is 39.0 Å². The summed E-state index contributed by atoms with van der Waals surface area (Å²) in [5.74, 6) is 0.975. The van der Waals surface area contributed by atoms with Crippen LogP contribution in [0.3, 0.4) is 0 Å². The molecule has 0 spiro atoms. The van der Waals surface area contributed by atoms with Crippen molar-refractivity contribution in [3.05, 3.63) is 0 Å². The van der Waals surface area contributed by atoms with Gasteiger partial charge < -0.3 is 14.7 Å². The van der Waals surface area contributed by atoms with Crippen molar-refractivity contribution in [1.29, 1.82) is 0 Å². The fraction of sp³-hybridized carbons (Fsp3) is 0.923. The van der Waals surface area contributed by atoms with Crippen molar-refractivity contribution in [2.45, 2.75) is 39.0 Å². The Morgan fingerprint density at radius 1 is 1.41 bits per heavy atom. The first-order chi connectivity index (χ1) is 8.27. The minimum absolute atomic E-state index is 0.0481. The molecular formula is C13H25NO3. The molecule has 100 valence electrons. The third-order valence-corrected chi connectivity index (χ3v) is 3.36. The zero-order chi connectivity index (χ0) is 12.5. The molecule has 0 aromatic carbocycles. The Morgan fingerprint density at radius 3 is 2.94 bits per heavy atom. The van der Waals surface area contributed by atoms with Crippen LogP contribution >= 0.6 is 0 Å². The Bertz CT molecular complexity index is 221. The molecule has 0 radical (unpaired) electrons. The van der Waals surface area contributed by atoms with Gasteiger partial charge in [-0.05, 0) is 18.8 Å². The summed E-state index contributed by atoms with van der Waals surface area (Å²) in [5, 5.41) is 8.59. The van der Waals surface area contributed by atoms with Gasteiger partial charge in [-0.2, -0.15) is 0 Å². The van der Waals surface area contributed by atoms with E-state index in [9.17, 15) is 4.79 Å². The molecule has 4 heteroatoms. The summed E-state index contributed by atoms with van der Waals surface area (Å²) in [5.41, 5.74) is 0. The molecule has 1 saturated heterocycles. The van der Waals surface area contributed by atoms with Crippen LogP contribution in [-0.4, -0.2) is 48.8 Å². The number of likely N-dealkylation sites (tertiary alicyclic amines) is 1. The Morgan fingerprint density at radius 2 is 2.24 bits per heavy atom. The normalized spacial score (nSPS) is 21.6. The average Bonchev–Trinajstić information content (AvgIpc) is 2.50.